The van der Waals surface area contributed by atoms with Crippen molar-refractivity contribution in [3.63, 3.8) is 0 Å². The van der Waals surface area contributed by atoms with Crippen molar-refractivity contribution in [2.24, 2.45) is 4.99 Å². The zero-order valence-corrected chi connectivity index (χ0v) is 18.5. The molecule has 156 valence electrons. The summed E-state index contributed by atoms with van der Waals surface area (Å²) in [4.78, 5) is 10.0. The summed E-state index contributed by atoms with van der Waals surface area (Å²) in [5.74, 6) is 1.85. The topological polar surface area (TPSA) is 72.5 Å². The Morgan fingerprint density at radius 3 is 2.67 bits per heavy atom. The van der Waals surface area contributed by atoms with Gasteiger partial charge in [-0.2, -0.15) is 0 Å². The van der Waals surface area contributed by atoms with Gasteiger partial charge in [0.15, 0.2) is 0 Å². The summed E-state index contributed by atoms with van der Waals surface area (Å²) in [5.41, 5.74) is 3.42. The number of para-hydroxylation sites is 1. The fourth-order valence-corrected chi connectivity index (χ4v) is 4.39. The third-order valence-corrected chi connectivity index (χ3v) is 6.82. The number of fused-ring (bicyclic) bond motifs is 1. The van der Waals surface area contributed by atoms with E-state index in [1.54, 1.807) is 13.3 Å². The molecule has 30 heavy (non-hydrogen) atoms. The van der Waals surface area contributed by atoms with Crippen LogP contribution in [0.15, 0.2) is 71.6 Å². The molecule has 0 bridgehead atoms. The molecule has 6 nitrogen and oxygen atoms in total. The van der Waals surface area contributed by atoms with Crippen LogP contribution in [0.25, 0.3) is 10.9 Å². The first-order chi connectivity index (χ1) is 14.4. The van der Waals surface area contributed by atoms with Gasteiger partial charge < -0.3 is 25.1 Å². The number of H-pyrrole nitrogens is 1. The van der Waals surface area contributed by atoms with Crippen molar-refractivity contribution in [1.29, 1.82) is 0 Å². The Morgan fingerprint density at radius 1 is 1.13 bits per heavy atom. The maximum absolute atomic E-state index is 12.2. The first-order valence-electron chi connectivity index (χ1n) is 10.1. The van der Waals surface area contributed by atoms with Crippen molar-refractivity contribution >= 4 is 34.9 Å². The van der Waals surface area contributed by atoms with Crippen LogP contribution in [0.3, 0.4) is 0 Å². The second-order valence-corrected chi connectivity index (χ2v) is 11.2. The highest BCUT2D eigenvalue weighted by Gasteiger charge is 2.13. The first-order valence-corrected chi connectivity index (χ1v) is 12.7. The van der Waals surface area contributed by atoms with Crippen molar-refractivity contribution in [2.75, 3.05) is 38.9 Å². The van der Waals surface area contributed by atoms with Crippen LogP contribution in [-0.2, 0) is 11.0 Å². The average molecular weight is 421 g/mol. The second-order valence-electron chi connectivity index (χ2n) is 7.97. The molecule has 0 atom stereocenters. The number of aromatic amines is 1. The van der Waals surface area contributed by atoms with Crippen molar-refractivity contribution in [1.82, 2.24) is 15.2 Å². The first kappa shape index (κ1) is 20.3. The summed E-state index contributed by atoms with van der Waals surface area (Å²) < 4.78 is 12.2. The molecule has 0 saturated heterocycles. The van der Waals surface area contributed by atoms with Gasteiger partial charge in [0.05, 0.1) is 0 Å². The second kappa shape index (κ2) is 8.41. The van der Waals surface area contributed by atoms with Gasteiger partial charge in [-0.3, -0.25) is 0 Å². The Labute approximate surface area is 177 Å². The minimum absolute atomic E-state index is 0.589. The molecule has 2 heterocycles. The third kappa shape index (κ3) is 4.60. The number of hydrogen-bond donors (Lipinski definition) is 3. The van der Waals surface area contributed by atoms with Gasteiger partial charge >= 0.3 is 0 Å². The quantitative estimate of drug-likeness (QED) is 0.530. The minimum atomic E-state index is -2.24. The van der Waals surface area contributed by atoms with E-state index in [1.165, 1.54) is 16.5 Å². The van der Waals surface area contributed by atoms with Crippen molar-refractivity contribution in [2.45, 2.75) is 6.42 Å². The standard InChI is InChI=1S/C23H28N5OP/c1-28-16-26-22(27-18-8-10-19(11-9-18)30(2,3)29)14-23(28)24-13-12-17-15-25-21-7-5-4-6-20(17)21/h4-11,14-15,24-25H,12-13,16H2,1-3H3,(H,26,27). The molecule has 0 amide bonds. The molecule has 3 aromatic rings. The largest absolute Gasteiger partial charge is 0.371 e. The molecule has 0 spiro atoms. The van der Waals surface area contributed by atoms with Gasteiger partial charge in [0, 0.05) is 47.8 Å². The van der Waals surface area contributed by atoms with E-state index in [0.29, 0.717) is 6.67 Å². The van der Waals surface area contributed by atoms with Gasteiger partial charge in [-0.1, -0.05) is 18.2 Å². The summed E-state index contributed by atoms with van der Waals surface area (Å²) in [7, 11) is -0.209. The Balaban J connectivity index is 1.38. The number of nitrogens with one attached hydrogen (secondary N) is 3. The molecule has 0 radical (unpaired) electrons. The van der Waals surface area contributed by atoms with E-state index >= 15 is 0 Å². The van der Waals surface area contributed by atoms with E-state index in [-0.39, 0.29) is 0 Å². The lowest BCUT2D eigenvalue weighted by atomic mass is 10.1. The van der Waals surface area contributed by atoms with E-state index in [1.807, 2.05) is 43.5 Å². The van der Waals surface area contributed by atoms with Crippen LogP contribution in [0, 0.1) is 0 Å². The molecular weight excluding hydrogens is 393 g/mol. The number of rotatable bonds is 6. The molecule has 2 aromatic carbocycles. The third-order valence-electron chi connectivity index (χ3n) is 5.27. The number of hydrogen-bond acceptors (Lipinski definition) is 5. The highest BCUT2D eigenvalue weighted by atomic mass is 31.2. The van der Waals surface area contributed by atoms with E-state index in [2.05, 4.69) is 49.9 Å². The Morgan fingerprint density at radius 2 is 1.90 bits per heavy atom. The van der Waals surface area contributed by atoms with Crippen molar-refractivity contribution < 1.29 is 4.57 Å². The van der Waals surface area contributed by atoms with Gasteiger partial charge in [0.1, 0.15) is 25.5 Å². The molecular formula is C23H28N5OP. The average Bonchev–Trinajstić information content (AvgIpc) is 3.13. The number of anilines is 1. The Kier molecular flexibility index (Phi) is 5.69. The van der Waals surface area contributed by atoms with Crippen LogP contribution in [0.1, 0.15) is 5.56 Å². The predicted molar refractivity (Wildman–Crippen MR) is 127 cm³/mol. The minimum Gasteiger partial charge on any atom is -0.371 e. The van der Waals surface area contributed by atoms with E-state index in [9.17, 15) is 4.57 Å². The summed E-state index contributed by atoms with van der Waals surface area (Å²) in [6.45, 7) is 4.99. The van der Waals surface area contributed by atoms with E-state index in [4.69, 9.17) is 0 Å². The number of aromatic nitrogens is 1. The lowest BCUT2D eigenvalue weighted by molar-refractivity contribution is 0.392. The molecule has 1 aliphatic rings. The van der Waals surface area contributed by atoms with Crippen LogP contribution >= 0.6 is 7.14 Å². The molecule has 7 heteroatoms. The fourth-order valence-electron chi connectivity index (χ4n) is 3.52. The molecule has 1 aromatic heterocycles. The van der Waals surface area contributed by atoms with Crippen LogP contribution < -0.4 is 15.9 Å². The van der Waals surface area contributed by atoms with Crippen molar-refractivity contribution in [3.8, 4) is 0 Å². The smallest absolute Gasteiger partial charge is 0.130 e. The molecule has 0 fully saturated rings. The van der Waals surface area contributed by atoms with Crippen LogP contribution in [-0.4, -0.2) is 49.3 Å². The molecule has 0 aliphatic carbocycles. The Hall–Kier alpha value is -2.98. The van der Waals surface area contributed by atoms with Gasteiger partial charge in [-0.15, -0.1) is 0 Å². The van der Waals surface area contributed by atoms with Gasteiger partial charge in [-0.05, 0) is 55.6 Å². The summed E-state index contributed by atoms with van der Waals surface area (Å²) in [6.07, 6.45) is 5.05. The maximum atomic E-state index is 12.2. The highest BCUT2D eigenvalue weighted by molar-refractivity contribution is 7.70. The summed E-state index contributed by atoms with van der Waals surface area (Å²) in [5, 5.41) is 9.05. The van der Waals surface area contributed by atoms with Gasteiger partial charge in [-0.25, -0.2) is 4.99 Å². The molecule has 0 unspecified atom stereocenters. The van der Waals surface area contributed by atoms with Crippen LogP contribution in [0.4, 0.5) is 5.69 Å². The number of benzene rings is 2. The number of aliphatic imine (C=N–C) groups is 1. The molecule has 0 saturated carbocycles. The normalized spacial score (nSPS) is 14.4. The van der Waals surface area contributed by atoms with Crippen LogP contribution in [0.2, 0.25) is 0 Å². The maximum Gasteiger partial charge on any atom is 0.130 e. The molecule has 3 N–H and O–H groups in total. The number of nitrogens with zero attached hydrogens (tertiary/aromatic N) is 2. The fraction of sp³-hybridized carbons (Fsp3) is 0.261. The Bertz CT molecular complexity index is 1140. The summed E-state index contributed by atoms with van der Waals surface area (Å²) in [6, 6.07) is 16.1. The zero-order chi connectivity index (χ0) is 21.1. The van der Waals surface area contributed by atoms with Gasteiger partial charge in [0.2, 0.25) is 0 Å². The zero-order valence-electron chi connectivity index (χ0n) is 17.6. The molecule has 1 aliphatic heterocycles. The monoisotopic (exact) mass is 421 g/mol. The summed E-state index contributed by atoms with van der Waals surface area (Å²) >= 11 is 0. The SMILES string of the molecule is CN1CN=C(Nc2ccc(P(C)(C)=O)cc2)C=C1NCCc1c[nH]c2ccccc12. The predicted octanol–water partition coefficient (Wildman–Crippen LogP) is 3.80. The van der Waals surface area contributed by atoms with Crippen LogP contribution in [0.5, 0.6) is 0 Å². The highest BCUT2D eigenvalue weighted by Crippen LogP contribution is 2.34. The lowest BCUT2D eigenvalue weighted by Gasteiger charge is -2.26. The van der Waals surface area contributed by atoms with E-state index < -0.39 is 7.14 Å². The van der Waals surface area contributed by atoms with E-state index in [0.717, 1.165) is 35.6 Å². The lowest BCUT2D eigenvalue weighted by Crippen LogP contribution is -2.35. The molecule has 4 rings (SSSR count). The van der Waals surface area contributed by atoms with Gasteiger partial charge in [0.25, 0.3) is 0 Å². The number of amidine groups is 1. The van der Waals surface area contributed by atoms with Crippen molar-refractivity contribution in [3.05, 3.63) is 72.2 Å².